The summed E-state index contributed by atoms with van der Waals surface area (Å²) in [5, 5.41) is 2.96. The van der Waals surface area contributed by atoms with Gasteiger partial charge in [-0.05, 0) is 44.1 Å². The number of unbranched alkanes of at least 4 members (excludes halogenated alkanes) is 1. The van der Waals surface area contributed by atoms with Gasteiger partial charge in [-0.1, -0.05) is 12.1 Å². The molecule has 2 N–H and O–H groups in total. The number of halogens is 1. The number of sulfonamides is 1. The minimum absolute atomic E-state index is 0.101. The molecule has 0 bridgehead atoms. The van der Waals surface area contributed by atoms with Gasteiger partial charge in [0.05, 0.1) is 5.75 Å². The van der Waals surface area contributed by atoms with Gasteiger partial charge in [0.2, 0.25) is 10.0 Å². The Bertz CT molecular complexity index is 463. The van der Waals surface area contributed by atoms with Crippen LogP contribution in [-0.2, 0) is 16.6 Å². The molecule has 0 fully saturated rings. The molecule has 0 spiro atoms. The van der Waals surface area contributed by atoms with Crippen molar-refractivity contribution in [2.45, 2.75) is 19.4 Å². The first-order valence-electron chi connectivity index (χ1n) is 5.90. The second kappa shape index (κ2) is 7.45. The Hall–Kier alpha value is -0.980. The van der Waals surface area contributed by atoms with E-state index in [1.165, 1.54) is 12.1 Å². The zero-order chi connectivity index (χ0) is 13.4. The average Bonchev–Trinajstić information content (AvgIpc) is 2.33. The number of nitrogens with one attached hydrogen (secondary N) is 2. The van der Waals surface area contributed by atoms with Crippen molar-refractivity contribution in [2.24, 2.45) is 0 Å². The van der Waals surface area contributed by atoms with E-state index < -0.39 is 10.0 Å². The van der Waals surface area contributed by atoms with Gasteiger partial charge in [-0.2, -0.15) is 0 Å². The monoisotopic (exact) mass is 274 g/mol. The highest BCUT2D eigenvalue weighted by Crippen LogP contribution is 2.04. The number of rotatable bonds is 8. The molecule has 0 aliphatic rings. The van der Waals surface area contributed by atoms with Crippen LogP contribution in [-0.4, -0.2) is 27.8 Å². The third-order valence-corrected chi connectivity index (χ3v) is 3.89. The smallest absolute Gasteiger partial charge is 0.211 e. The summed E-state index contributed by atoms with van der Waals surface area (Å²) in [6.07, 6.45) is 1.43. The van der Waals surface area contributed by atoms with Gasteiger partial charge in [-0.15, -0.1) is 0 Å². The van der Waals surface area contributed by atoms with Crippen molar-refractivity contribution >= 4 is 10.0 Å². The molecule has 0 unspecified atom stereocenters. The minimum Gasteiger partial charge on any atom is -0.320 e. The standard InChI is InChI=1S/C12H19FN2O2S/c1-14-7-2-3-8-18(16,17)15-10-11-5-4-6-12(13)9-11/h4-6,9,14-15H,2-3,7-8,10H2,1H3. The molecule has 0 aromatic heterocycles. The summed E-state index contributed by atoms with van der Waals surface area (Å²) in [6.45, 7) is 0.936. The summed E-state index contributed by atoms with van der Waals surface area (Å²) in [7, 11) is -1.44. The molecule has 0 amide bonds. The summed E-state index contributed by atoms with van der Waals surface area (Å²) in [5.74, 6) is -0.259. The van der Waals surface area contributed by atoms with E-state index in [4.69, 9.17) is 0 Å². The molecule has 0 radical (unpaired) electrons. The first-order chi connectivity index (χ1) is 8.53. The van der Waals surface area contributed by atoms with Gasteiger partial charge < -0.3 is 5.32 Å². The van der Waals surface area contributed by atoms with Crippen molar-refractivity contribution < 1.29 is 12.8 Å². The fourth-order valence-corrected chi connectivity index (χ4v) is 2.62. The molecule has 0 saturated carbocycles. The second-order valence-corrected chi connectivity index (χ2v) is 6.01. The van der Waals surface area contributed by atoms with E-state index in [0.29, 0.717) is 12.0 Å². The Morgan fingerprint density at radius 1 is 1.28 bits per heavy atom. The largest absolute Gasteiger partial charge is 0.320 e. The van der Waals surface area contributed by atoms with Crippen molar-refractivity contribution in [3.63, 3.8) is 0 Å². The molecule has 0 aliphatic heterocycles. The second-order valence-electron chi connectivity index (χ2n) is 4.08. The Balaban J connectivity index is 2.37. The van der Waals surface area contributed by atoms with Crippen LogP contribution in [0.15, 0.2) is 24.3 Å². The van der Waals surface area contributed by atoms with E-state index in [2.05, 4.69) is 10.0 Å². The van der Waals surface area contributed by atoms with Crippen molar-refractivity contribution in [1.82, 2.24) is 10.0 Å². The molecule has 0 saturated heterocycles. The lowest BCUT2D eigenvalue weighted by Gasteiger charge is -2.06. The summed E-state index contributed by atoms with van der Waals surface area (Å²) in [6, 6.07) is 5.90. The molecule has 18 heavy (non-hydrogen) atoms. The van der Waals surface area contributed by atoms with Gasteiger partial charge in [-0.25, -0.2) is 17.5 Å². The molecule has 0 aliphatic carbocycles. The maximum atomic E-state index is 12.9. The van der Waals surface area contributed by atoms with Crippen LogP contribution in [0, 0.1) is 5.82 Å². The van der Waals surface area contributed by atoms with Crippen LogP contribution in [0.3, 0.4) is 0 Å². The summed E-state index contributed by atoms with van der Waals surface area (Å²) in [5.41, 5.74) is 0.619. The van der Waals surface area contributed by atoms with Gasteiger partial charge in [-0.3, -0.25) is 0 Å². The van der Waals surface area contributed by atoms with Crippen LogP contribution in [0.4, 0.5) is 4.39 Å². The molecule has 0 heterocycles. The topological polar surface area (TPSA) is 58.2 Å². The summed E-state index contributed by atoms with van der Waals surface area (Å²) < 4.78 is 38.6. The number of hydrogen-bond donors (Lipinski definition) is 2. The van der Waals surface area contributed by atoms with Gasteiger partial charge >= 0.3 is 0 Å². The lowest BCUT2D eigenvalue weighted by molar-refractivity contribution is 0.574. The van der Waals surface area contributed by atoms with Crippen molar-refractivity contribution in [3.05, 3.63) is 35.6 Å². The fourth-order valence-electron chi connectivity index (χ4n) is 1.51. The van der Waals surface area contributed by atoms with Crippen LogP contribution in [0.1, 0.15) is 18.4 Å². The molecule has 1 aromatic carbocycles. The lowest BCUT2D eigenvalue weighted by Crippen LogP contribution is -2.26. The number of hydrogen-bond acceptors (Lipinski definition) is 3. The zero-order valence-corrected chi connectivity index (χ0v) is 11.3. The average molecular weight is 274 g/mol. The SMILES string of the molecule is CNCCCCS(=O)(=O)NCc1cccc(F)c1. The van der Waals surface area contributed by atoms with Gasteiger partial charge in [0.1, 0.15) is 5.82 Å². The molecule has 4 nitrogen and oxygen atoms in total. The molecular formula is C12H19FN2O2S. The molecule has 102 valence electrons. The molecule has 0 atom stereocenters. The van der Waals surface area contributed by atoms with Crippen LogP contribution < -0.4 is 10.0 Å². The van der Waals surface area contributed by atoms with E-state index in [9.17, 15) is 12.8 Å². The van der Waals surface area contributed by atoms with Gasteiger partial charge in [0.15, 0.2) is 0 Å². The van der Waals surface area contributed by atoms with Crippen LogP contribution in [0.25, 0.3) is 0 Å². The van der Waals surface area contributed by atoms with Gasteiger partial charge in [0.25, 0.3) is 0 Å². The van der Waals surface area contributed by atoms with E-state index in [-0.39, 0.29) is 18.1 Å². The third kappa shape index (κ3) is 6.09. The quantitative estimate of drug-likeness (QED) is 0.701. The van der Waals surface area contributed by atoms with Crippen LogP contribution in [0.5, 0.6) is 0 Å². The van der Waals surface area contributed by atoms with Crippen molar-refractivity contribution in [3.8, 4) is 0 Å². The third-order valence-electron chi connectivity index (χ3n) is 2.48. The summed E-state index contributed by atoms with van der Waals surface area (Å²) in [4.78, 5) is 0. The highest BCUT2D eigenvalue weighted by atomic mass is 32.2. The lowest BCUT2D eigenvalue weighted by atomic mass is 10.2. The van der Waals surface area contributed by atoms with Crippen LogP contribution >= 0.6 is 0 Å². The van der Waals surface area contributed by atoms with Crippen molar-refractivity contribution in [1.29, 1.82) is 0 Å². The fraction of sp³-hybridized carbons (Fsp3) is 0.500. The maximum absolute atomic E-state index is 12.9. The molecular weight excluding hydrogens is 255 g/mol. The minimum atomic E-state index is -3.27. The van der Waals surface area contributed by atoms with E-state index in [0.717, 1.165) is 13.0 Å². The van der Waals surface area contributed by atoms with Crippen molar-refractivity contribution in [2.75, 3.05) is 19.3 Å². The van der Waals surface area contributed by atoms with Crippen LogP contribution in [0.2, 0.25) is 0 Å². The van der Waals surface area contributed by atoms with E-state index in [1.807, 2.05) is 7.05 Å². The predicted molar refractivity (Wildman–Crippen MR) is 70.2 cm³/mol. The zero-order valence-electron chi connectivity index (χ0n) is 10.4. The Labute approximate surface area is 108 Å². The highest BCUT2D eigenvalue weighted by molar-refractivity contribution is 7.89. The molecule has 6 heteroatoms. The normalized spacial score (nSPS) is 11.7. The Morgan fingerprint density at radius 2 is 2.06 bits per heavy atom. The van der Waals surface area contributed by atoms with E-state index >= 15 is 0 Å². The predicted octanol–water partition coefficient (Wildman–Crippen LogP) is 1.24. The summed E-state index contributed by atoms with van der Waals surface area (Å²) >= 11 is 0. The molecule has 1 rings (SSSR count). The Morgan fingerprint density at radius 3 is 2.72 bits per heavy atom. The van der Waals surface area contributed by atoms with Gasteiger partial charge in [0, 0.05) is 6.54 Å². The maximum Gasteiger partial charge on any atom is 0.211 e. The van der Waals surface area contributed by atoms with E-state index in [1.54, 1.807) is 12.1 Å². The number of benzene rings is 1. The molecule has 1 aromatic rings. The Kier molecular flexibility index (Phi) is 6.24. The highest BCUT2D eigenvalue weighted by Gasteiger charge is 2.09. The first kappa shape index (κ1) is 15.1. The first-order valence-corrected chi connectivity index (χ1v) is 7.55.